The average molecular weight is 917 g/mol. The largest absolute Gasteiger partial charge is 0.462 e. The van der Waals surface area contributed by atoms with Gasteiger partial charge >= 0.3 is 11.9 Å². The molecule has 0 heterocycles. The molecule has 0 amide bonds. The lowest BCUT2D eigenvalue weighted by molar-refractivity contribution is -0.163. The fraction of sp³-hybridized carbons (Fsp3) is 0.705. The first-order chi connectivity index (χ1) is 32.6. The van der Waals surface area contributed by atoms with E-state index in [0.29, 0.717) is 19.4 Å². The van der Waals surface area contributed by atoms with Crippen molar-refractivity contribution in [2.75, 3.05) is 19.8 Å². The highest BCUT2D eigenvalue weighted by Gasteiger charge is 2.17. The van der Waals surface area contributed by atoms with Gasteiger partial charge in [-0.05, 0) is 116 Å². The summed E-state index contributed by atoms with van der Waals surface area (Å²) in [6, 6.07) is 0. The summed E-state index contributed by atoms with van der Waals surface area (Å²) in [5, 5.41) is 0. The molecule has 0 aromatic rings. The molecule has 0 bridgehead atoms. The summed E-state index contributed by atoms with van der Waals surface area (Å²) in [6.45, 7) is 7.54. The Morgan fingerprint density at radius 2 is 0.682 bits per heavy atom. The van der Waals surface area contributed by atoms with E-state index in [1.54, 1.807) is 0 Å². The summed E-state index contributed by atoms with van der Waals surface area (Å²) in [4.78, 5) is 25.5. The number of allylic oxidation sites excluding steroid dienone is 16. The van der Waals surface area contributed by atoms with Crippen molar-refractivity contribution in [3.05, 3.63) is 97.2 Å². The van der Waals surface area contributed by atoms with E-state index < -0.39 is 6.10 Å². The van der Waals surface area contributed by atoms with Crippen molar-refractivity contribution in [3.8, 4) is 0 Å². The molecule has 0 N–H and O–H groups in total. The topological polar surface area (TPSA) is 61.8 Å². The fourth-order valence-corrected chi connectivity index (χ4v) is 7.46. The Bertz CT molecular complexity index is 1270. The van der Waals surface area contributed by atoms with E-state index in [1.165, 1.54) is 122 Å². The molecule has 378 valence electrons. The number of ether oxygens (including phenoxy) is 3. The molecule has 0 fully saturated rings. The van der Waals surface area contributed by atoms with Crippen LogP contribution >= 0.6 is 0 Å². The van der Waals surface area contributed by atoms with Gasteiger partial charge in [0.25, 0.3) is 0 Å². The second-order valence-corrected chi connectivity index (χ2v) is 18.1. The molecule has 0 rings (SSSR count). The van der Waals surface area contributed by atoms with Crippen LogP contribution in [0.1, 0.15) is 252 Å². The molecule has 5 nitrogen and oxygen atoms in total. The first-order valence-corrected chi connectivity index (χ1v) is 27.8. The van der Waals surface area contributed by atoms with Crippen LogP contribution in [0.15, 0.2) is 97.2 Å². The molecule has 5 heteroatoms. The molecular formula is C61H104O5. The van der Waals surface area contributed by atoms with Crippen molar-refractivity contribution >= 4 is 11.9 Å². The predicted molar refractivity (Wildman–Crippen MR) is 288 cm³/mol. The molecule has 0 saturated carbocycles. The van der Waals surface area contributed by atoms with Crippen molar-refractivity contribution in [3.63, 3.8) is 0 Å². The minimum atomic E-state index is -0.578. The van der Waals surface area contributed by atoms with Gasteiger partial charge in [0.1, 0.15) is 6.61 Å². The van der Waals surface area contributed by atoms with Gasteiger partial charge in [-0.1, -0.05) is 221 Å². The van der Waals surface area contributed by atoms with Crippen molar-refractivity contribution in [1.82, 2.24) is 0 Å². The molecule has 1 atom stereocenters. The molecule has 66 heavy (non-hydrogen) atoms. The Kier molecular flexibility index (Phi) is 53.4. The Hall–Kier alpha value is -3.18. The summed E-state index contributed by atoms with van der Waals surface area (Å²) in [7, 11) is 0. The van der Waals surface area contributed by atoms with Gasteiger partial charge in [0.2, 0.25) is 0 Å². The quantitative estimate of drug-likeness (QED) is 0.0346. The third-order valence-electron chi connectivity index (χ3n) is 11.6. The zero-order chi connectivity index (χ0) is 47.7. The zero-order valence-electron chi connectivity index (χ0n) is 43.4. The highest BCUT2D eigenvalue weighted by Crippen LogP contribution is 2.14. The Balaban J connectivity index is 4.36. The lowest BCUT2D eigenvalue weighted by Gasteiger charge is -2.18. The number of hydrogen-bond acceptors (Lipinski definition) is 5. The van der Waals surface area contributed by atoms with Crippen LogP contribution in [-0.4, -0.2) is 37.9 Å². The van der Waals surface area contributed by atoms with Crippen molar-refractivity contribution < 1.29 is 23.8 Å². The van der Waals surface area contributed by atoms with E-state index in [9.17, 15) is 9.59 Å². The van der Waals surface area contributed by atoms with Gasteiger partial charge in [-0.3, -0.25) is 9.59 Å². The van der Waals surface area contributed by atoms with Crippen molar-refractivity contribution in [2.24, 2.45) is 0 Å². The van der Waals surface area contributed by atoms with E-state index in [2.05, 4.69) is 118 Å². The lowest BCUT2D eigenvalue weighted by Crippen LogP contribution is -2.30. The standard InChI is InChI=1S/C61H104O5/c1-4-7-10-13-16-19-22-25-28-30-31-33-34-36-39-42-45-48-51-54-60(62)65-58-59(57-64-56-53-50-47-44-41-38-27-24-21-18-15-12-9-6-3)66-61(63)55-52-49-46-43-40-37-35-32-29-26-23-20-17-14-11-8-5-2/h9,12,16,18-19,21,25-29,31,33,38,44,47,59H,4-8,10-11,13-15,17,20,22-24,30,32,34-37,39-43,45-46,48-58H2,1-3H3/b12-9-,19-16-,21-18-,28-25-,29-26-,33-31-,38-27-,47-44-. The smallest absolute Gasteiger partial charge is 0.306 e. The van der Waals surface area contributed by atoms with Crippen molar-refractivity contribution in [1.29, 1.82) is 0 Å². The molecule has 1 unspecified atom stereocenters. The van der Waals surface area contributed by atoms with Gasteiger partial charge in [-0.25, -0.2) is 0 Å². The normalized spacial score (nSPS) is 13.0. The minimum Gasteiger partial charge on any atom is -0.462 e. The SMILES string of the molecule is CC/C=C\C/C=C\C/C=C\C/C=C\CCCOCC(COC(=O)CCCCCCCC/C=C\C/C=C\C/C=C\CCCCC)OC(=O)CCCCCCCCC/C=C\CCCCCCCC. The third-order valence-corrected chi connectivity index (χ3v) is 11.6. The van der Waals surface area contributed by atoms with Crippen LogP contribution < -0.4 is 0 Å². The van der Waals surface area contributed by atoms with Gasteiger partial charge in [0.05, 0.1) is 6.61 Å². The van der Waals surface area contributed by atoms with Crippen LogP contribution in [0.3, 0.4) is 0 Å². The molecule has 0 aliphatic carbocycles. The Morgan fingerprint density at radius 1 is 0.348 bits per heavy atom. The number of carbonyl (C=O) groups excluding carboxylic acids is 2. The van der Waals surface area contributed by atoms with Crippen LogP contribution in [0.25, 0.3) is 0 Å². The maximum atomic E-state index is 12.8. The van der Waals surface area contributed by atoms with E-state index in [-0.39, 0.29) is 25.2 Å². The summed E-state index contributed by atoms with van der Waals surface area (Å²) < 4.78 is 17.4. The molecule has 0 saturated heterocycles. The first kappa shape index (κ1) is 62.8. The van der Waals surface area contributed by atoms with Gasteiger partial charge in [0.15, 0.2) is 6.10 Å². The number of unbranched alkanes of at least 4 members (excludes halogenated alkanes) is 23. The lowest BCUT2D eigenvalue weighted by atomic mass is 10.1. The fourth-order valence-electron chi connectivity index (χ4n) is 7.46. The molecular weight excluding hydrogens is 813 g/mol. The third kappa shape index (κ3) is 53.4. The molecule has 0 aliphatic heterocycles. The van der Waals surface area contributed by atoms with Crippen LogP contribution in [0.5, 0.6) is 0 Å². The first-order valence-electron chi connectivity index (χ1n) is 27.8. The maximum Gasteiger partial charge on any atom is 0.306 e. The van der Waals surface area contributed by atoms with Crippen molar-refractivity contribution in [2.45, 2.75) is 258 Å². The van der Waals surface area contributed by atoms with E-state index in [4.69, 9.17) is 14.2 Å². The summed E-state index contributed by atoms with van der Waals surface area (Å²) >= 11 is 0. The molecule has 0 spiro atoms. The van der Waals surface area contributed by atoms with Gasteiger partial charge in [-0.15, -0.1) is 0 Å². The van der Waals surface area contributed by atoms with Crippen LogP contribution in [0.2, 0.25) is 0 Å². The van der Waals surface area contributed by atoms with Crippen LogP contribution in [0, 0.1) is 0 Å². The van der Waals surface area contributed by atoms with E-state index >= 15 is 0 Å². The average Bonchev–Trinajstić information content (AvgIpc) is 3.32. The molecule has 0 radical (unpaired) electrons. The van der Waals surface area contributed by atoms with Gasteiger partial charge in [0, 0.05) is 19.4 Å². The Morgan fingerprint density at radius 3 is 1.14 bits per heavy atom. The van der Waals surface area contributed by atoms with Crippen LogP contribution in [0.4, 0.5) is 0 Å². The number of hydrogen-bond donors (Lipinski definition) is 0. The highest BCUT2D eigenvalue weighted by atomic mass is 16.6. The van der Waals surface area contributed by atoms with E-state index in [1.807, 2.05) is 0 Å². The van der Waals surface area contributed by atoms with E-state index in [0.717, 1.165) is 96.3 Å². The second kappa shape index (κ2) is 56.1. The summed E-state index contributed by atoms with van der Waals surface area (Å²) in [5.41, 5.74) is 0. The minimum absolute atomic E-state index is 0.0508. The number of carbonyl (C=O) groups is 2. The Labute approximate surface area is 409 Å². The van der Waals surface area contributed by atoms with Gasteiger partial charge in [-0.2, -0.15) is 0 Å². The van der Waals surface area contributed by atoms with Crippen LogP contribution in [-0.2, 0) is 23.8 Å². The molecule has 0 aromatic carbocycles. The number of rotatable bonds is 50. The zero-order valence-corrected chi connectivity index (χ0v) is 43.4. The highest BCUT2D eigenvalue weighted by molar-refractivity contribution is 5.70. The predicted octanol–water partition coefficient (Wildman–Crippen LogP) is 19.0. The second-order valence-electron chi connectivity index (χ2n) is 18.1. The monoisotopic (exact) mass is 917 g/mol. The maximum absolute atomic E-state index is 12.8. The number of esters is 2. The summed E-state index contributed by atoms with van der Waals surface area (Å²) in [6.07, 6.45) is 75.7. The molecule has 0 aliphatic rings. The molecule has 0 aromatic heterocycles. The summed E-state index contributed by atoms with van der Waals surface area (Å²) in [5.74, 6) is -0.447. The van der Waals surface area contributed by atoms with Gasteiger partial charge < -0.3 is 14.2 Å².